The summed E-state index contributed by atoms with van der Waals surface area (Å²) in [6.07, 6.45) is 0. The molecule has 0 unspecified atom stereocenters. The van der Waals surface area contributed by atoms with E-state index in [4.69, 9.17) is 0 Å². The summed E-state index contributed by atoms with van der Waals surface area (Å²) in [5.41, 5.74) is 1.70. The number of carbonyl (C=O) groups excluding carboxylic acids is 1. The minimum absolute atomic E-state index is 0. The molecule has 1 rings (SSSR count). The first kappa shape index (κ1) is 18.7. The van der Waals surface area contributed by atoms with Crippen LogP contribution in [0.25, 0.3) is 0 Å². The first-order chi connectivity index (χ1) is 9.06. The van der Waals surface area contributed by atoms with Gasteiger partial charge in [0.05, 0.1) is 0 Å². The highest BCUT2D eigenvalue weighted by molar-refractivity contribution is 14.0. The standard InChI is InChI=1S/C14H22N4O.HI/c1-10(2)18-14(16-4)17-9-11-6-5-7-12(8-11)13(19)15-3;/h5-8,10H,9H2,1-4H3,(H,15,19)(H2,16,17,18);1H. The number of halogens is 1. The highest BCUT2D eigenvalue weighted by Gasteiger charge is 2.04. The fourth-order valence-electron chi connectivity index (χ4n) is 1.62. The molecule has 0 aromatic heterocycles. The lowest BCUT2D eigenvalue weighted by Gasteiger charge is -2.14. The van der Waals surface area contributed by atoms with Gasteiger partial charge in [-0.3, -0.25) is 9.79 Å². The maximum atomic E-state index is 11.5. The Morgan fingerprint density at radius 1 is 1.35 bits per heavy atom. The number of hydrogen-bond acceptors (Lipinski definition) is 2. The number of amides is 1. The van der Waals surface area contributed by atoms with E-state index in [-0.39, 0.29) is 29.9 Å². The van der Waals surface area contributed by atoms with E-state index in [1.54, 1.807) is 20.2 Å². The predicted octanol–water partition coefficient (Wildman–Crippen LogP) is 1.74. The molecule has 0 atom stereocenters. The van der Waals surface area contributed by atoms with E-state index in [9.17, 15) is 4.79 Å². The Labute approximate surface area is 137 Å². The van der Waals surface area contributed by atoms with Crippen LogP contribution >= 0.6 is 24.0 Å². The van der Waals surface area contributed by atoms with Gasteiger partial charge in [-0.1, -0.05) is 12.1 Å². The van der Waals surface area contributed by atoms with Gasteiger partial charge in [0, 0.05) is 32.2 Å². The van der Waals surface area contributed by atoms with Gasteiger partial charge in [0.1, 0.15) is 0 Å². The van der Waals surface area contributed by atoms with Crippen molar-refractivity contribution in [3.05, 3.63) is 35.4 Å². The van der Waals surface area contributed by atoms with Crippen molar-refractivity contribution in [3.8, 4) is 0 Å². The van der Waals surface area contributed by atoms with E-state index >= 15 is 0 Å². The Morgan fingerprint density at radius 3 is 2.60 bits per heavy atom. The molecule has 0 heterocycles. The number of rotatable bonds is 4. The van der Waals surface area contributed by atoms with Crippen molar-refractivity contribution in [1.82, 2.24) is 16.0 Å². The minimum Gasteiger partial charge on any atom is -0.355 e. The molecular weight excluding hydrogens is 367 g/mol. The molecule has 1 aromatic rings. The van der Waals surface area contributed by atoms with Crippen molar-refractivity contribution in [2.75, 3.05) is 14.1 Å². The van der Waals surface area contributed by atoms with Crippen LogP contribution in [-0.2, 0) is 6.54 Å². The monoisotopic (exact) mass is 390 g/mol. The summed E-state index contributed by atoms with van der Waals surface area (Å²) in [6.45, 7) is 4.73. The Balaban J connectivity index is 0.00000361. The number of benzene rings is 1. The highest BCUT2D eigenvalue weighted by atomic mass is 127. The number of carbonyl (C=O) groups is 1. The molecule has 0 saturated heterocycles. The van der Waals surface area contributed by atoms with Crippen LogP contribution in [0.3, 0.4) is 0 Å². The molecule has 1 amide bonds. The average molecular weight is 390 g/mol. The van der Waals surface area contributed by atoms with Crippen LogP contribution in [-0.4, -0.2) is 32.0 Å². The summed E-state index contributed by atoms with van der Waals surface area (Å²) < 4.78 is 0. The fourth-order valence-corrected chi connectivity index (χ4v) is 1.62. The van der Waals surface area contributed by atoms with E-state index in [1.165, 1.54) is 0 Å². The Hall–Kier alpha value is -1.31. The molecule has 0 fully saturated rings. The van der Waals surface area contributed by atoms with Crippen LogP contribution in [0.15, 0.2) is 29.3 Å². The van der Waals surface area contributed by atoms with Crippen LogP contribution in [0.5, 0.6) is 0 Å². The number of nitrogens with zero attached hydrogens (tertiary/aromatic N) is 1. The Morgan fingerprint density at radius 2 is 2.05 bits per heavy atom. The van der Waals surface area contributed by atoms with E-state index in [1.807, 2.05) is 18.2 Å². The van der Waals surface area contributed by atoms with E-state index < -0.39 is 0 Å². The van der Waals surface area contributed by atoms with Crippen molar-refractivity contribution in [1.29, 1.82) is 0 Å². The maximum absolute atomic E-state index is 11.5. The van der Waals surface area contributed by atoms with Gasteiger partial charge in [-0.05, 0) is 31.5 Å². The van der Waals surface area contributed by atoms with Crippen LogP contribution in [0.1, 0.15) is 29.8 Å². The average Bonchev–Trinajstić information content (AvgIpc) is 2.42. The smallest absolute Gasteiger partial charge is 0.251 e. The molecule has 0 aliphatic carbocycles. The normalized spacial score (nSPS) is 10.8. The summed E-state index contributed by atoms with van der Waals surface area (Å²) in [5, 5.41) is 9.03. The summed E-state index contributed by atoms with van der Waals surface area (Å²) in [6, 6.07) is 7.84. The molecule has 1 aromatic carbocycles. The predicted molar refractivity (Wildman–Crippen MR) is 93.7 cm³/mol. The minimum atomic E-state index is -0.0773. The largest absolute Gasteiger partial charge is 0.355 e. The number of nitrogens with one attached hydrogen (secondary N) is 3. The molecule has 20 heavy (non-hydrogen) atoms. The molecule has 5 nitrogen and oxygen atoms in total. The molecule has 0 radical (unpaired) electrons. The molecule has 0 aliphatic rings. The van der Waals surface area contributed by atoms with Gasteiger partial charge in [0.15, 0.2) is 5.96 Å². The lowest BCUT2D eigenvalue weighted by Crippen LogP contribution is -2.40. The summed E-state index contributed by atoms with van der Waals surface area (Å²) in [4.78, 5) is 15.7. The maximum Gasteiger partial charge on any atom is 0.251 e. The Kier molecular flexibility index (Phi) is 8.94. The van der Waals surface area contributed by atoms with Crippen molar-refractivity contribution in [2.24, 2.45) is 4.99 Å². The van der Waals surface area contributed by atoms with E-state index in [0.29, 0.717) is 18.2 Å². The second-order valence-electron chi connectivity index (χ2n) is 4.50. The zero-order valence-electron chi connectivity index (χ0n) is 12.4. The second-order valence-corrected chi connectivity index (χ2v) is 4.50. The molecular formula is C14H23IN4O. The van der Waals surface area contributed by atoms with Crippen LogP contribution in [0.4, 0.5) is 0 Å². The summed E-state index contributed by atoms with van der Waals surface area (Å²) >= 11 is 0. The number of aliphatic imine (C=N–C) groups is 1. The molecule has 6 heteroatoms. The molecule has 112 valence electrons. The third kappa shape index (κ3) is 6.23. The first-order valence-electron chi connectivity index (χ1n) is 6.35. The topological polar surface area (TPSA) is 65.5 Å². The number of hydrogen-bond donors (Lipinski definition) is 3. The van der Waals surface area contributed by atoms with Gasteiger partial charge >= 0.3 is 0 Å². The third-order valence-electron chi connectivity index (χ3n) is 2.53. The van der Waals surface area contributed by atoms with Crippen molar-refractivity contribution < 1.29 is 4.79 Å². The second kappa shape index (κ2) is 9.57. The molecule has 0 bridgehead atoms. The van der Waals surface area contributed by atoms with Gasteiger partial charge in [0.25, 0.3) is 5.91 Å². The fraction of sp³-hybridized carbons (Fsp3) is 0.429. The van der Waals surface area contributed by atoms with Gasteiger partial charge in [-0.2, -0.15) is 0 Å². The van der Waals surface area contributed by atoms with Crippen molar-refractivity contribution >= 4 is 35.8 Å². The zero-order valence-corrected chi connectivity index (χ0v) is 14.7. The van der Waals surface area contributed by atoms with Crippen LogP contribution in [0, 0.1) is 0 Å². The molecule has 3 N–H and O–H groups in total. The van der Waals surface area contributed by atoms with Gasteiger partial charge < -0.3 is 16.0 Å². The molecule has 0 saturated carbocycles. The highest BCUT2D eigenvalue weighted by Crippen LogP contribution is 2.05. The van der Waals surface area contributed by atoms with Gasteiger partial charge in [0.2, 0.25) is 0 Å². The van der Waals surface area contributed by atoms with E-state index in [2.05, 4.69) is 34.8 Å². The SMILES string of the molecule is CN=C(NCc1cccc(C(=O)NC)c1)NC(C)C.I. The lowest BCUT2D eigenvalue weighted by atomic mass is 10.1. The van der Waals surface area contributed by atoms with Crippen molar-refractivity contribution in [3.63, 3.8) is 0 Å². The van der Waals surface area contributed by atoms with Gasteiger partial charge in [-0.25, -0.2) is 0 Å². The lowest BCUT2D eigenvalue weighted by molar-refractivity contribution is 0.0963. The van der Waals surface area contributed by atoms with Crippen LogP contribution < -0.4 is 16.0 Å². The number of guanidine groups is 1. The zero-order chi connectivity index (χ0) is 14.3. The summed E-state index contributed by atoms with van der Waals surface area (Å²) in [7, 11) is 3.36. The summed E-state index contributed by atoms with van der Waals surface area (Å²) in [5.74, 6) is 0.673. The van der Waals surface area contributed by atoms with Gasteiger partial charge in [-0.15, -0.1) is 24.0 Å². The first-order valence-corrected chi connectivity index (χ1v) is 6.35. The third-order valence-corrected chi connectivity index (χ3v) is 2.53. The quantitative estimate of drug-likeness (QED) is 0.417. The van der Waals surface area contributed by atoms with Crippen molar-refractivity contribution in [2.45, 2.75) is 26.4 Å². The van der Waals surface area contributed by atoms with Crippen LogP contribution in [0.2, 0.25) is 0 Å². The molecule has 0 spiro atoms. The Bertz CT molecular complexity index is 460. The van der Waals surface area contributed by atoms with E-state index in [0.717, 1.165) is 11.5 Å². The molecule has 0 aliphatic heterocycles.